The summed E-state index contributed by atoms with van der Waals surface area (Å²) >= 11 is 0. The molecule has 1 unspecified atom stereocenters. The maximum Gasteiger partial charge on any atom is 0.191 e. The summed E-state index contributed by atoms with van der Waals surface area (Å²) in [6.07, 6.45) is 7.04. The molecule has 3 fully saturated rings. The molecule has 0 aromatic heterocycles. The highest BCUT2D eigenvalue weighted by Crippen LogP contribution is 2.17. The third kappa shape index (κ3) is 7.56. The number of aliphatic imine (C=N–C) groups is 1. The number of nitrogens with one attached hydrogen (secondary N) is 2. The minimum Gasteiger partial charge on any atom is -0.381 e. The van der Waals surface area contributed by atoms with Crippen molar-refractivity contribution in [2.24, 2.45) is 10.9 Å². The summed E-state index contributed by atoms with van der Waals surface area (Å²) in [5.41, 5.74) is 0. The predicted molar refractivity (Wildman–Crippen MR) is 107 cm³/mol. The van der Waals surface area contributed by atoms with Gasteiger partial charge in [-0.25, -0.2) is 0 Å². The number of ether oxygens (including phenoxy) is 3. The van der Waals surface area contributed by atoms with E-state index in [1.807, 2.05) is 7.05 Å². The minimum atomic E-state index is 0.386. The van der Waals surface area contributed by atoms with Gasteiger partial charge in [-0.2, -0.15) is 0 Å². The summed E-state index contributed by atoms with van der Waals surface area (Å²) in [4.78, 5) is 6.98. The quantitative estimate of drug-likeness (QED) is 0.374. The number of piperidine rings is 1. The van der Waals surface area contributed by atoms with Gasteiger partial charge in [-0.05, 0) is 44.4 Å². The van der Waals surface area contributed by atoms with Gasteiger partial charge in [-0.15, -0.1) is 0 Å². The summed E-state index contributed by atoms with van der Waals surface area (Å²) in [5.74, 6) is 1.66. The van der Waals surface area contributed by atoms with Gasteiger partial charge in [-0.1, -0.05) is 0 Å². The molecule has 27 heavy (non-hydrogen) atoms. The van der Waals surface area contributed by atoms with Crippen molar-refractivity contribution in [3.05, 3.63) is 0 Å². The molecule has 2 N–H and O–H groups in total. The number of likely N-dealkylation sites (tertiary alicyclic amines) is 1. The summed E-state index contributed by atoms with van der Waals surface area (Å²) in [6, 6.07) is 0.519. The van der Waals surface area contributed by atoms with Crippen LogP contribution in [0.3, 0.4) is 0 Å². The van der Waals surface area contributed by atoms with E-state index in [0.29, 0.717) is 12.1 Å². The fourth-order valence-corrected chi connectivity index (χ4v) is 4.11. The second-order valence-corrected chi connectivity index (χ2v) is 7.98. The lowest BCUT2D eigenvalue weighted by Gasteiger charge is -2.34. The fourth-order valence-electron chi connectivity index (χ4n) is 4.11. The lowest BCUT2D eigenvalue weighted by atomic mass is 10.0. The van der Waals surface area contributed by atoms with Crippen LogP contribution in [0.25, 0.3) is 0 Å². The highest BCUT2D eigenvalue weighted by atomic mass is 16.5. The smallest absolute Gasteiger partial charge is 0.191 e. The summed E-state index contributed by atoms with van der Waals surface area (Å²) in [5, 5.41) is 7.02. The molecular weight excluding hydrogens is 344 g/mol. The van der Waals surface area contributed by atoms with E-state index in [2.05, 4.69) is 20.5 Å². The first kappa shape index (κ1) is 20.8. The van der Waals surface area contributed by atoms with Gasteiger partial charge in [0.05, 0.1) is 12.7 Å². The van der Waals surface area contributed by atoms with Crippen LogP contribution in [-0.2, 0) is 14.2 Å². The van der Waals surface area contributed by atoms with Gasteiger partial charge in [-0.3, -0.25) is 4.99 Å². The van der Waals surface area contributed by atoms with Crippen LogP contribution in [0.2, 0.25) is 0 Å². The third-order valence-electron chi connectivity index (χ3n) is 5.83. The Kier molecular flexibility index (Phi) is 9.14. The normalized spacial score (nSPS) is 26.4. The van der Waals surface area contributed by atoms with Gasteiger partial charge in [0.15, 0.2) is 5.96 Å². The monoisotopic (exact) mass is 382 g/mol. The van der Waals surface area contributed by atoms with Crippen molar-refractivity contribution < 1.29 is 14.2 Å². The predicted octanol–water partition coefficient (Wildman–Crippen LogP) is 1.24. The first-order valence-electron chi connectivity index (χ1n) is 10.8. The molecule has 7 heteroatoms. The number of guanidine groups is 1. The van der Waals surface area contributed by atoms with Gasteiger partial charge < -0.3 is 29.7 Å². The van der Waals surface area contributed by atoms with Gasteiger partial charge in [0.25, 0.3) is 0 Å². The third-order valence-corrected chi connectivity index (χ3v) is 5.83. The van der Waals surface area contributed by atoms with Crippen molar-refractivity contribution in [1.29, 1.82) is 0 Å². The Morgan fingerprint density at radius 1 is 1.07 bits per heavy atom. The molecule has 0 aromatic rings. The van der Waals surface area contributed by atoms with Crippen LogP contribution in [0.4, 0.5) is 0 Å². The zero-order valence-corrected chi connectivity index (χ0v) is 17.0. The van der Waals surface area contributed by atoms with Crippen LogP contribution >= 0.6 is 0 Å². The van der Waals surface area contributed by atoms with E-state index >= 15 is 0 Å². The van der Waals surface area contributed by atoms with Crippen LogP contribution in [0.5, 0.6) is 0 Å². The summed E-state index contributed by atoms with van der Waals surface area (Å²) in [6.45, 7) is 8.82. The van der Waals surface area contributed by atoms with E-state index in [0.717, 1.165) is 70.7 Å². The molecule has 0 amide bonds. The topological polar surface area (TPSA) is 67.4 Å². The van der Waals surface area contributed by atoms with Crippen LogP contribution in [-0.4, -0.2) is 89.3 Å². The van der Waals surface area contributed by atoms with E-state index in [-0.39, 0.29) is 0 Å². The lowest BCUT2D eigenvalue weighted by molar-refractivity contribution is -0.0320. The molecule has 0 radical (unpaired) electrons. The zero-order chi connectivity index (χ0) is 18.7. The molecule has 3 aliphatic rings. The molecule has 3 saturated heterocycles. The standard InChI is InChI=1S/C20H38N4O3/c1-21-20(22-8-2-11-27-19-6-13-25-14-7-19)23-18-3-9-24(10-4-18)15-17-5-12-26-16-17/h17-19H,2-16H2,1H3,(H2,21,22,23). The second kappa shape index (κ2) is 11.8. The highest BCUT2D eigenvalue weighted by molar-refractivity contribution is 5.79. The Hall–Kier alpha value is -0.890. The van der Waals surface area contributed by atoms with Gasteiger partial charge >= 0.3 is 0 Å². The number of nitrogens with zero attached hydrogens (tertiary/aromatic N) is 2. The maximum atomic E-state index is 5.92. The molecule has 0 saturated carbocycles. The molecule has 0 aliphatic carbocycles. The molecular formula is C20H38N4O3. The number of rotatable bonds is 8. The molecule has 3 rings (SSSR count). The Balaban J connectivity index is 1.23. The van der Waals surface area contributed by atoms with E-state index in [1.165, 1.54) is 38.9 Å². The van der Waals surface area contributed by atoms with E-state index in [1.54, 1.807) is 0 Å². The van der Waals surface area contributed by atoms with Crippen LogP contribution in [0.1, 0.15) is 38.5 Å². The molecule has 0 aromatic carbocycles. The SMILES string of the molecule is CN=C(NCCCOC1CCOCC1)NC1CCN(CC2CCOC2)CC1. The molecule has 0 spiro atoms. The molecule has 3 aliphatic heterocycles. The Morgan fingerprint density at radius 3 is 2.56 bits per heavy atom. The van der Waals surface area contributed by atoms with Gasteiger partial charge in [0, 0.05) is 65.7 Å². The lowest BCUT2D eigenvalue weighted by Crippen LogP contribution is -2.49. The number of hydrogen-bond donors (Lipinski definition) is 2. The molecule has 3 heterocycles. The zero-order valence-electron chi connectivity index (χ0n) is 17.0. The van der Waals surface area contributed by atoms with Crippen molar-refractivity contribution in [3.63, 3.8) is 0 Å². The summed E-state index contributed by atoms with van der Waals surface area (Å²) in [7, 11) is 1.85. The van der Waals surface area contributed by atoms with E-state index in [4.69, 9.17) is 14.2 Å². The largest absolute Gasteiger partial charge is 0.381 e. The van der Waals surface area contributed by atoms with Gasteiger partial charge in [0.1, 0.15) is 0 Å². The van der Waals surface area contributed by atoms with Crippen LogP contribution in [0, 0.1) is 5.92 Å². The van der Waals surface area contributed by atoms with E-state index < -0.39 is 0 Å². The molecule has 7 nitrogen and oxygen atoms in total. The first-order valence-corrected chi connectivity index (χ1v) is 10.8. The Labute approximate surface area is 164 Å². The molecule has 156 valence electrons. The molecule has 0 bridgehead atoms. The average Bonchev–Trinajstić information content (AvgIpc) is 3.22. The van der Waals surface area contributed by atoms with E-state index in [9.17, 15) is 0 Å². The van der Waals surface area contributed by atoms with Gasteiger partial charge in [0.2, 0.25) is 0 Å². The first-order chi connectivity index (χ1) is 13.3. The van der Waals surface area contributed by atoms with Crippen molar-refractivity contribution in [3.8, 4) is 0 Å². The van der Waals surface area contributed by atoms with Crippen molar-refractivity contribution in [2.45, 2.75) is 50.7 Å². The highest BCUT2D eigenvalue weighted by Gasteiger charge is 2.24. The Bertz CT molecular complexity index is 429. The molecule has 1 atom stereocenters. The number of hydrogen-bond acceptors (Lipinski definition) is 5. The maximum absolute atomic E-state index is 5.92. The van der Waals surface area contributed by atoms with Crippen LogP contribution in [0.15, 0.2) is 4.99 Å². The van der Waals surface area contributed by atoms with Crippen LogP contribution < -0.4 is 10.6 Å². The minimum absolute atomic E-state index is 0.386. The average molecular weight is 383 g/mol. The Morgan fingerprint density at radius 2 is 1.85 bits per heavy atom. The van der Waals surface area contributed by atoms with Crippen molar-refractivity contribution >= 4 is 5.96 Å². The van der Waals surface area contributed by atoms with Crippen molar-refractivity contribution in [1.82, 2.24) is 15.5 Å². The summed E-state index contributed by atoms with van der Waals surface area (Å²) < 4.78 is 16.8. The van der Waals surface area contributed by atoms with Crippen molar-refractivity contribution in [2.75, 3.05) is 66.3 Å². The second-order valence-electron chi connectivity index (χ2n) is 7.98. The fraction of sp³-hybridized carbons (Fsp3) is 0.950.